The Labute approximate surface area is 122 Å². The third-order valence-electron chi connectivity index (χ3n) is 3.31. The minimum absolute atomic E-state index is 0.116. The van der Waals surface area contributed by atoms with Gasteiger partial charge >= 0.3 is 6.18 Å². The van der Waals surface area contributed by atoms with Crippen molar-refractivity contribution in [2.24, 2.45) is 0 Å². The van der Waals surface area contributed by atoms with Gasteiger partial charge in [0.2, 0.25) is 0 Å². The number of aromatic nitrogens is 3. The summed E-state index contributed by atoms with van der Waals surface area (Å²) in [5, 5.41) is 7.13. The quantitative estimate of drug-likeness (QED) is 0.813. The number of hydrogen-bond acceptors (Lipinski definition) is 3. The second-order valence-electron chi connectivity index (χ2n) is 4.83. The van der Waals surface area contributed by atoms with Gasteiger partial charge in [0.15, 0.2) is 6.29 Å². The summed E-state index contributed by atoms with van der Waals surface area (Å²) in [4.78, 5) is 11.0. The molecule has 0 aliphatic heterocycles. The lowest BCUT2D eigenvalue weighted by Gasteiger charge is -2.12. The predicted molar refractivity (Wildman–Crippen MR) is 68.7 cm³/mol. The van der Waals surface area contributed by atoms with Crippen molar-refractivity contribution >= 4 is 17.9 Å². The summed E-state index contributed by atoms with van der Waals surface area (Å²) in [6.07, 6.45) is -2.25. The molecule has 1 aromatic heterocycles. The number of hydrogen-bond donors (Lipinski definition) is 0. The highest BCUT2D eigenvalue weighted by molar-refractivity contribution is 6.31. The van der Waals surface area contributed by atoms with Gasteiger partial charge in [-0.2, -0.15) is 13.2 Å². The van der Waals surface area contributed by atoms with Crippen LogP contribution in [-0.2, 0) is 6.18 Å². The molecular weight excluding hydrogens is 307 g/mol. The van der Waals surface area contributed by atoms with Gasteiger partial charge in [-0.05, 0) is 31.0 Å². The first-order valence-corrected chi connectivity index (χ1v) is 6.57. The van der Waals surface area contributed by atoms with Gasteiger partial charge in [0.1, 0.15) is 5.69 Å². The molecule has 0 N–H and O–H groups in total. The molecule has 1 aliphatic rings. The SMILES string of the molecule is O=Cc1nnn(-c2ccc(Cl)c(C(F)(F)F)c2)c1C1CC1. The average Bonchev–Trinajstić information content (AvgIpc) is 3.17. The maximum Gasteiger partial charge on any atom is 0.417 e. The third-order valence-corrected chi connectivity index (χ3v) is 3.64. The van der Waals surface area contributed by atoms with Crippen LogP contribution in [0.4, 0.5) is 13.2 Å². The van der Waals surface area contributed by atoms with Crippen molar-refractivity contribution in [1.29, 1.82) is 0 Å². The average molecular weight is 316 g/mol. The molecule has 2 aromatic rings. The topological polar surface area (TPSA) is 47.8 Å². The summed E-state index contributed by atoms with van der Waals surface area (Å²) in [6, 6.07) is 3.50. The molecule has 8 heteroatoms. The van der Waals surface area contributed by atoms with E-state index in [-0.39, 0.29) is 22.3 Å². The molecule has 3 rings (SSSR count). The van der Waals surface area contributed by atoms with E-state index in [2.05, 4.69) is 10.3 Å². The summed E-state index contributed by atoms with van der Waals surface area (Å²) in [7, 11) is 0. The highest BCUT2D eigenvalue weighted by Gasteiger charge is 2.35. The molecular formula is C13H9ClF3N3O. The van der Waals surface area contributed by atoms with Crippen molar-refractivity contribution in [2.75, 3.05) is 0 Å². The number of benzene rings is 1. The molecule has 0 saturated heterocycles. The highest BCUT2D eigenvalue weighted by atomic mass is 35.5. The molecule has 0 amide bonds. The van der Waals surface area contributed by atoms with Gasteiger partial charge in [-0.3, -0.25) is 4.79 Å². The normalized spacial score (nSPS) is 15.2. The van der Waals surface area contributed by atoms with Crippen LogP contribution >= 0.6 is 11.6 Å². The van der Waals surface area contributed by atoms with Crippen molar-refractivity contribution in [3.05, 3.63) is 40.2 Å². The van der Waals surface area contributed by atoms with Gasteiger partial charge in [0.25, 0.3) is 0 Å². The van der Waals surface area contributed by atoms with Crippen molar-refractivity contribution in [3.8, 4) is 5.69 Å². The molecule has 1 fully saturated rings. The minimum Gasteiger partial charge on any atom is -0.296 e. The summed E-state index contributed by atoms with van der Waals surface area (Å²) >= 11 is 5.59. The molecule has 110 valence electrons. The molecule has 0 radical (unpaired) electrons. The molecule has 0 atom stereocenters. The Morgan fingerprint density at radius 3 is 2.62 bits per heavy atom. The zero-order valence-electron chi connectivity index (χ0n) is 10.6. The van der Waals surface area contributed by atoms with Crippen LogP contribution in [0.15, 0.2) is 18.2 Å². The first kappa shape index (κ1) is 14.1. The molecule has 0 unspecified atom stereocenters. The zero-order chi connectivity index (χ0) is 15.2. The van der Waals surface area contributed by atoms with Crippen LogP contribution in [0, 0.1) is 0 Å². The Morgan fingerprint density at radius 1 is 1.33 bits per heavy atom. The predicted octanol–water partition coefficient (Wildman–Crippen LogP) is 3.63. The van der Waals surface area contributed by atoms with Crippen molar-refractivity contribution in [2.45, 2.75) is 24.9 Å². The van der Waals surface area contributed by atoms with E-state index in [1.807, 2.05) is 0 Å². The van der Waals surface area contributed by atoms with Crippen LogP contribution < -0.4 is 0 Å². The number of nitrogens with zero attached hydrogens (tertiary/aromatic N) is 3. The number of alkyl halides is 3. The molecule has 1 heterocycles. The molecule has 0 spiro atoms. The Balaban J connectivity index is 2.13. The van der Waals surface area contributed by atoms with Crippen molar-refractivity contribution in [1.82, 2.24) is 15.0 Å². The van der Waals surface area contributed by atoms with E-state index in [1.165, 1.54) is 16.8 Å². The van der Waals surface area contributed by atoms with Gasteiger partial charge in [-0.25, -0.2) is 4.68 Å². The lowest BCUT2D eigenvalue weighted by molar-refractivity contribution is -0.137. The molecule has 21 heavy (non-hydrogen) atoms. The number of carbonyl (C=O) groups excluding carboxylic acids is 1. The zero-order valence-corrected chi connectivity index (χ0v) is 11.3. The number of carbonyl (C=O) groups is 1. The summed E-state index contributed by atoms with van der Waals surface area (Å²) < 4.78 is 40.0. The van der Waals surface area contributed by atoms with Gasteiger partial charge in [0.05, 0.1) is 22.0 Å². The molecule has 1 aliphatic carbocycles. The van der Waals surface area contributed by atoms with Gasteiger partial charge in [-0.15, -0.1) is 5.10 Å². The van der Waals surface area contributed by atoms with Crippen LogP contribution in [0.2, 0.25) is 5.02 Å². The van der Waals surface area contributed by atoms with E-state index in [0.29, 0.717) is 12.0 Å². The van der Waals surface area contributed by atoms with E-state index in [9.17, 15) is 18.0 Å². The van der Waals surface area contributed by atoms with E-state index in [1.54, 1.807) is 0 Å². The largest absolute Gasteiger partial charge is 0.417 e. The third kappa shape index (κ3) is 2.53. The maximum absolute atomic E-state index is 12.9. The summed E-state index contributed by atoms with van der Waals surface area (Å²) in [5.41, 5.74) is -0.0257. The standard InChI is InChI=1S/C13H9ClF3N3O/c14-10-4-3-8(5-9(10)13(15,16)17)20-12(7-1-2-7)11(6-21)18-19-20/h3-7H,1-2H2. The molecule has 1 saturated carbocycles. The van der Waals surface area contributed by atoms with Crippen LogP contribution in [0.5, 0.6) is 0 Å². The Bertz CT molecular complexity index is 707. The van der Waals surface area contributed by atoms with E-state index < -0.39 is 11.7 Å². The van der Waals surface area contributed by atoms with Gasteiger partial charge in [0, 0.05) is 5.92 Å². The van der Waals surface area contributed by atoms with Crippen LogP contribution in [0.3, 0.4) is 0 Å². The second kappa shape index (κ2) is 4.84. The molecule has 0 bridgehead atoms. The second-order valence-corrected chi connectivity index (χ2v) is 5.23. The fourth-order valence-electron chi connectivity index (χ4n) is 2.18. The lowest BCUT2D eigenvalue weighted by Crippen LogP contribution is -2.09. The monoisotopic (exact) mass is 315 g/mol. The van der Waals surface area contributed by atoms with Gasteiger partial charge < -0.3 is 0 Å². The minimum atomic E-state index is -4.55. The smallest absolute Gasteiger partial charge is 0.296 e. The first-order valence-electron chi connectivity index (χ1n) is 6.19. The van der Waals surface area contributed by atoms with Crippen LogP contribution in [-0.4, -0.2) is 21.3 Å². The highest BCUT2D eigenvalue weighted by Crippen LogP contribution is 2.42. The van der Waals surface area contributed by atoms with Crippen LogP contribution in [0.25, 0.3) is 5.69 Å². The Kier molecular flexibility index (Phi) is 3.24. The van der Waals surface area contributed by atoms with Crippen LogP contribution in [0.1, 0.15) is 40.5 Å². The summed E-state index contributed by atoms with van der Waals surface area (Å²) in [6.45, 7) is 0. The van der Waals surface area contributed by atoms with E-state index in [0.717, 1.165) is 18.9 Å². The maximum atomic E-state index is 12.9. The van der Waals surface area contributed by atoms with E-state index in [4.69, 9.17) is 11.6 Å². The molecule has 1 aromatic carbocycles. The van der Waals surface area contributed by atoms with Crippen molar-refractivity contribution < 1.29 is 18.0 Å². The number of rotatable bonds is 3. The lowest BCUT2D eigenvalue weighted by atomic mass is 10.1. The van der Waals surface area contributed by atoms with Crippen molar-refractivity contribution in [3.63, 3.8) is 0 Å². The van der Waals surface area contributed by atoms with Gasteiger partial charge in [-0.1, -0.05) is 16.8 Å². The Hall–Kier alpha value is -1.89. The fourth-order valence-corrected chi connectivity index (χ4v) is 2.40. The number of halogens is 4. The summed E-state index contributed by atoms with van der Waals surface area (Å²) in [5.74, 6) is 0.116. The number of aldehydes is 1. The van der Waals surface area contributed by atoms with E-state index >= 15 is 0 Å². The Morgan fingerprint density at radius 2 is 2.05 bits per heavy atom. The fraction of sp³-hybridized carbons (Fsp3) is 0.308. The first-order chi connectivity index (χ1) is 9.91. The molecule has 4 nitrogen and oxygen atoms in total.